The van der Waals surface area contributed by atoms with E-state index >= 15 is 0 Å². The van der Waals surface area contributed by atoms with Crippen LogP contribution >= 0.6 is 0 Å². The maximum absolute atomic E-state index is 14.0. The third-order valence-electron chi connectivity index (χ3n) is 6.85. The van der Waals surface area contributed by atoms with Gasteiger partial charge in [-0.15, -0.1) is 0 Å². The predicted molar refractivity (Wildman–Crippen MR) is 117 cm³/mol. The Morgan fingerprint density at radius 1 is 0.767 bits per heavy atom. The number of carbonyl (C=O) groups excluding carboxylic acids is 1. The number of carbonyl (C=O) groups is 1. The number of Topliss-reactive ketones (excluding diaryl/α,β-unsaturated/α-hetero) is 1. The Kier molecular flexibility index (Phi) is 4.31. The number of benzene rings is 3. The van der Waals surface area contributed by atoms with Crippen molar-refractivity contribution in [2.75, 3.05) is 0 Å². The molecule has 4 atom stereocenters. The predicted octanol–water partition coefficient (Wildman–Crippen LogP) is 5.54. The standard InChI is InChI=1S/C26H25N3O/c1-25-22(20-14-8-4-9-15-20)23(21-16-10-5-11-17-21)26(2,24(25)30)29(28-27-25)18-19-12-6-3-7-13-19/h3-17,22-23H,18H2,1-2H3/t22-,23-,25+,26-/m0/s1. The van der Waals surface area contributed by atoms with Crippen molar-refractivity contribution in [2.24, 2.45) is 10.3 Å². The summed E-state index contributed by atoms with van der Waals surface area (Å²) in [6.07, 6.45) is 0. The van der Waals surface area contributed by atoms with E-state index in [4.69, 9.17) is 0 Å². The number of hydrogen-bond donors (Lipinski definition) is 0. The van der Waals surface area contributed by atoms with Gasteiger partial charge in [-0.25, -0.2) is 0 Å². The Balaban J connectivity index is 1.69. The van der Waals surface area contributed by atoms with E-state index in [1.165, 1.54) is 0 Å². The normalized spacial score (nSPS) is 29.9. The van der Waals surface area contributed by atoms with Crippen LogP contribution in [0.15, 0.2) is 101 Å². The molecular weight excluding hydrogens is 370 g/mol. The van der Waals surface area contributed by atoms with Crippen molar-refractivity contribution in [3.05, 3.63) is 108 Å². The molecule has 30 heavy (non-hydrogen) atoms. The molecule has 0 N–H and O–H groups in total. The lowest BCUT2D eigenvalue weighted by molar-refractivity contribution is -0.135. The fourth-order valence-corrected chi connectivity index (χ4v) is 5.38. The number of nitrogens with zero attached hydrogens (tertiary/aromatic N) is 3. The van der Waals surface area contributed by atoms with Crippen LogP contribution in [0, 0.1) is 0 Å². The molecule has 1 aliphatic carbocycles. The minimum atomic E-state index is -0.885. The van der Waals surface area contributed by atoms with E-state index in [0.29, 0.717) is 6.54 Å². The summed E-state index contributed by atoms with van der Waals surface area (Å²) in [4.78, 5) is 14.0. The Labute approximate surface area is 177 Å². The van der Waals surface area contributed by atoms with E-state index in [-0.39, 0.29) is 17.6 Å². The van der Waals surface area contributed by atoms with Crippen molar-refractivity contribution >= 4 is 5.78 Å². The summed E-state index contributed by atoms with van der Waals surface area (Å²) in [6, 6.07) is 30.8. The van der Waals surface area contributed by atoms with E-state index in [0.717, 1.165) is 16.7 Å². The van der Waals surface area contributed by atoms with Crippen molar-refractivity contribution in [2.45, 2.75) is 43.3 Å². The van der Waals surface area contributed by atoms with Gasteiger partial charge in [-0.2, -0.15) is 5.11 Å². The molecule has 3 aromatic carbocycles. The second kappa shape index (κ2) is 6.91. The molecule has 1 heterocycles. The van der Waals surface area contributed by atoms with Crippen molar-refractivity contribution < 1.29 is 4.79 Å². The largest absolute Gasteiger partial charge is 0.294 e. The molecule has 0 unspecified atom stereocenters. The molecule has 0 amide bonds. The minimum absolute atomic E-state index is 0.0580. The van der Waals surface area contributed by atoms with Gasteiger partial charge in [0.05, 0.1) is 6.54 Å². The van der Waals surface area contributed by atoms with Crippen molar-refractivity contribution in [3.8, 4) is 0 Å². The zero-order chi connectivity index (χ0) is 20.8. The summed E-state index contributed by atoms with van der Waals surface area (Å²) >= 11 is 0. The van der Waals surface area contributed by atoms with E-state index in [9.17, 15) is 4.79 Å². The van der Waals surface area contributed by atoms with Crippen LogP contribution < -0.4 is 0 Å². The molecule has 5 rings (SSSR count). The first-order valence-corrected chi connectivity index (χ1v) is 10.4. The van der Waals surface area contributed by atoms with E-state index in [1.54, 1.807) is 0 Å². The van der Waals surface area contributed by atoms with Gasteiger partial charge in [0.2, 0.25) is 0 Å². The second-order valence-electron chi connectivity index (χ2n) is 8.63. The van der Waals surface area contributed by atoms with Gasteiger partial charge in [0.15, 0.2) is 5.78 Å². The van der Waals surface area contributed by atoms with Gasteiger partial charge in [-0.05, 0) is 30.5 Å². The first kappa shape index (κ1) is 18.7. The van der Waals surface area contributed by atoms with Crippen LogP contribution in [0.2, 0.25) is 0 Å². The Morgan fingerprint density at radius 3 is 1.83 bits per heavy atom. The van der Waals surface area contributed by atoms with Gasteiger partial charge < -0.3 is 0 Å². The average molecular weight is 396 g/mol. The summed E-state index contributed by atoms with van der Waals surface area (Å²) in [5.74, 6) is 0.00377. The van der Waals surface area contributed by atoms with Crippen LogP contribution in [0.4, 0.5) is 0 Å². The van der Waals surface area contributed by atoms with E-state index < -0.39 is 11.1 Å². The quantitative estimate of drug-likeness (QED) is 0.582. The molecule has 1 aliphatic heterocycles. The van der Waals surface area contributed by atoms with Gasteiger partial charge in [0.25, 0.3) is 0 Å². The van der Waals surface area contributed by atoms with Crippen LogP contribution in [0.5, 0.6) is 0 Å². The van der Waals surface area contributed by atoms with Crippen LogP contribution in [0.25, 0.3) is 0 Å². The van der Waals surface area contributed by atoms with Crippen LogP contribution in [0.3, 0.4) is 0 Å². The molecule has 1 fully saturated rings. The Hall–Kier alpha value is -3.27. The highest BCUT2D eigenvalue weighted by molar-refractivity contribution is 6.02. The molecule has 0 saturated heterocycles. The summed E-state index contributed by atoms with van der Waals surface area (Å²) in [5.41, 5.74) is 1.73. The fourth-order valence-electron chi connectivity index (χ4n) is 5.38. The number of fused-ring (bicyclic) bond motifs is 2. The molecule has 150 valence electrons. The first-order valence-electron chi connectivity index (χ1n) is 10.4. The number of rotatable bonds is 4. The van der Waals surface area contributed by atoms with E-state index in [1.807, 2.05) is 66.5 Å². The molecule has 0 spiro atoms. The molecule has 0 aromatic heterocycles. The van der Waals surface area contributed by atoms with Crippen molar-refractivity contribution in [3.63, 3.8) is 0 Å². The zero-order valence-corrected chi connectivity index (χ0v) is 17.3. The highest BCUT2D eigenvalue weighted by atomic mass is 16.1. The highest BCUT2D eigenvalue weighted by Crippen LogP contribution is 2.60. The van der Waals surface area contributed by atoms with Crippen LogP contribution in [-0.4, -0.2) is 21.9 Å². The fraction of sp³-hybridized carbons (Fsp3) is 0.269. The van der Waals surface area contributed by atoms with Gasteiger partial charge in [0.1, 0.15) is 11.1 Å². The minimum Gasteiger partial charge on any atom is -0.294 e. The molecular formula is C26H25N3O. The molecule has 2 bridgehead atoms. The average Bonchev–Trinajstić information content (AvgIpc) is 2.90. The molecule has 2 aliphatic rings. The zero-order valence-electron chi connectivity index (χ0n) is 17.3. The summed E-state index contributed by atoms with van der Waals surface area (Å²) < 4.78 is 0. The van der Waals surface area contributed by atoms with Crippen LogP contribution in [-0.2, 0) is 11.3 Å². The summed E-state index contributed by atoms with van der Waals surface area (Å²) in [5, 5.41) is 11.2. The van der Waals surface area contributed by atoms with Gasteiger partial charge in [-0.3, -0.25) is 9.80 Å². The third kappa shape index (κ3) is 2.63. The van der Waals surface area contributed by atoms with Crippen molar-refractivity contribution in [1.82, 2.24) is 5.01 Å². The van der Waals surface area contributed by atoms with Crippen LogP contribution in [0.1, 0.15) is 42.4 Å². The van der Waals surface area contributed by atoms with Gasteiger partial charge in [0, 0.05) is 11.8 Å². The lowest BCUT2D eigenvalue weighted by Gasteiger charge is -2.41. The topological polar surface area (TPSA) is 45.0 Å². The third-order valence-corrected chi connectivity index (χ3v) is 6.85. The molecule has 4 heteroatoms. The number of ketones is 1. The van der Waals surface area contributed by atoms with Gasteiger partial charge >= 0.3 is 0 Å². The Morgan fingerprint density at radius 2 is 1.27 bits per heavy atom. The summed E-state index contributed by atoms with van der Waals surface area (Å²) in [7, 11) is 0. The molecule has 0 radical (unpaired) electrons. The lowest BCUT2D eigenvalue weighted by Crippen LogP contribution is -2.55. The molecule has 1 saturated carbocycles. The molecule has 3 aromatic rings. The first-order chi connectivity index (χ1) is 14.5. The van der Waals surface area contributed by atoms with Crippen molar-refractivity contribution in [1.29, 1.82) is 0 Å². The second-order valence-corrected chi connectivity index (χ2v) is 8.63. The highest BCUT2D eigenvalue weighted by Gasteiger charge is 2.69. The monoisotopic (exact) mass is 395 g/mol. The smallest absolute Gasteiger partial charge is 0.190 e. The SMILES string of the molecule is C[C@]12N=NN(Cc3ccccc3)[C@](C)(C1=O)[C@@H](c1ccccc1)[C@@H]2c1ccccc1. The van der Waals surface area contributed by atoms with E-state index in [2.05, 4.69) is 53.7 Å². The summed E-state index contributed by atoms with van der Waals surface area (Å²) in [6.45, 7) is 4.56. The molecule has 4 nitrogen and oxygen atoms in total. The maximum atomic E-state index is 14.0. The maximum Gasteiger partial charge on any atom is 0.190 e. The van der Waals surface area contributed by atoms with Gasteiger partial charge in [-0.1, -0.05) is 96.2 Å². The lowest BCUT2D eigenvalue weighted by atomic mass is 9.74. The number of hydrogen-bond acceptors (Lipinski definition) is 4. The Bertz CT molecular complexity index is 1080.